The van der Waals surface area contributed by atoms with E-state index in [0.29, 0.717) is 5.16 Å². The average molecular weight is 267 g/mol. The summed E-state index contributed by atoms with van der Waals surface area (Å²) in [6.45, 7) is 4.10. The van der Waals surface area contributed by atoms with Crippen LogP contribution < -0.4 is 0 Å². The number of nitrogens with zero attached hydrogens (tertiary/aromatic N) is 3. The summed E-state index contributed by atoms with van der Waals surface area (Å²) in [7, 11) is 3.31. The molecular formula is C12H17N3O2S. The Morgan fingerprint density at radius 2 is 2.22 bits per heavy atom. The van der Waals surface area contributed by atoms with Crippen LogP contribution in [0.2, 0.25) is 0 Å². The Hall–Kier alpha value is -1.14. The maximum atomic E-state index is 11.9. The minimum absolute atomic E-state index is 0.273. The number of aromatic nitrogens is 2. The van der Waals surface area contributed by atoms with Gasteiger partial charge in [-0.2, -0.15) is 0 Å². The number of carbonyl (C=O) groups is 1. The molecule has 1 aliphatic heterocycles. The van der Waals surface area contributed by atoms with Gasteiger partial charge in [-0.1, -0.05) is 11.8 Å². The Balaban J connectivity index is 2.58. The molecule has 0 saturated carbocycles. The van der Waals surface area contributed by atoms with Gasteiger partial charge in [-0.3, -0.25) is 4.90 Å². The van der Waals surface area contributed by atoms with Gasteiger partial charge in [0.1, 0.15) is 0 Å². The van der Waals surface area contributed by atoms with Crippen LogP contribution in [0.15, 0.2) is 11.4 Å². The van der Waals surface area contributed by atoms with Gasteiger partial charge in [-0.25, -0.2) is 14.8 Å². The van der Waals surface area contributed by atoms with Crippen molar-refractivity contribution in [3.63, 3.8) is 0 Å². The number of ether oxygens (including phenoxy) is 1. The van der Waals surface area contributed by atoms with Crippen molar-refractivity contribution in [3.8, 4) is 0 Å². The standard InChI is InChI=1S/C12H17N3O2S/c1-12(2)7-6-13-11(18-5)14-8(7)9(15(12)3)10(16)17-4/h6,9H,1-5H3. The molecule has 98 valence electrons. The zero-order chi connectivity index (χ0) is 13.5. The molecule has 0 N–H and O–H groups in total. The maximum absolute atomic E-state index is 11.9. The minimum Gasteiger partial charge on any atom is -0.468 e. The molecule has 5 nitrogen and oxygen atoms in total. The first-order valence-corrected chi connectivity index (χ1v) is 6.88. The summed E-state index contributed by atoms with van der Waals surface area (Å²) in [6.07, 6.45) is 3.73. The first-order valence-electron chi connectivity index (χ1n) is 5.65. The van der Waals surface area contributed by atoms with E-state index in [1.807, 2.05) is 24.4 Å². The molecule has 0 aromatic carbocycles. The summed E-state index contributed by atoms with van der Waals surface area (Å²) in [5.41, 5.74) is 1.47. The van der Waals surface area contributed by atoms with Crippen molar-refractivity contribution in [2.75, 3.05) is 20.4 Å². The molecule has 0 bridgehead atoms. The Bertz CT molecular complexity index is 490. The lowest BCUT2D eigenvalue weighted by Crippen LogP contribution is -2.37. The van der Waals surface area contributed by atoms with E-state index >= 15 is 0 Å². The van der Waals surface area contributed by atoms with Gasteiger partial charge < -0.3 is 4.74 Å². The third-order valence-electron chi connectivity index (χ3n) is 3.59. The second kappa shape index (κ2) is 4.51. The highest BCUT2D eigenvalue weighted by atomic mass is 32.2. The summed E-state index contributed by atoms with van der Waals surface area (Å²) in [6, 6.07) is -0.450. The molecule has 2 rings (SSSR count). The van der Waals surface area contributed by atoms with Gasteiger partial charge >= 0.3 is 5.97 Å². The fourth-order valence-electron chi connectivity index (χ4n) is 2.23. The van der Waals surface area contributed by atoms with E-state index in [9.17, 15) is 4.79 Å². The second-order valence-electron chi connectivity index (χ2n) is 4.75. The second-order valence-corrected chi connectivity index (χ2v) is 5.52. The zero-order valence-corrected chi connectivity index (χ0v) is 12.0. The Morgan fingerprint density at radius 3 is 2.78 bits per heavy atom. The van der Waals surface area contributed by atoms with E-state index in [1.54, 1.807) is 0 Å². The van der Waals surface area contributed by atoms with E-state index < -0.39 is 6.04 Å². The first kappa shape index (κ1) is 13.3. The van der Waals surface area contributed by atoms with Crippen LogP contribution in [-0.4, -0.2) is 41.3 Å². The summed E-state index contributed by atoms with van der Waals surface area (Å²) in [5.74, 6) is -0.282. The fraction of sp³-hybridized carbons (Fsp3) is 0.583. The lowest BCUT2D eigenvalue weighted by atomic mass is 9.98. The smallest absolute Gasteiger partial charge is 0.329 e. The van der Waals surface area contributed by atoms with Crippen molar-refractivity contribution < 1.29 is 9.53 Å². The molecule has 1 aliphatic rings. The van der Waals surface area contributed by atoms with E-state index in [4.69, 9.17) is 4.74 Å². The van der Waals surface area contributed by atoms with Crippen LogP contribution in [0.3, 0.4) is 0 Å². The molecule has 2 heterocycles. The van der Waals surface area contributed by atoms with E-state index in [-0.39, 0.29) is 11.5 Å². The number of fused-ring (bicyclic) bond motifs is 1. The van der Waals surface area contributed by atoms with Crippen LogP contribution in [0, 0.1) is 0 Å². The normalized spacial score (nSPS) is 21.7. The lowest BCUT2D eigenvalue weighted by Gasteiger charge is -2.30. The Labute approximate surface area is 111 Å². The minimum atomic E-state index is -0.450. The van der Waals surface area contributed by atoms with Crippen LogP contribution >= 0.6 is 11.8 Å². The van der Waals surface area contributed by atoms with E-state index in [0.717, 1.165) is 11.3 Å². The van der Waals surface area contributed by atoms with Crippen LogP contribution in [0.4, 0.5) is 0 Å². The average Bonchev–Trinajstić information content (AvgIpc) is 2.56. The number of hydrogen-bond donors (Lipinski definition) is 0. The Morgan fingerprint density at radius 1 is 1.56 bits per heavy atom. The van der Waals surface area contributed by atoms with Gasteiger partial charge in [-0.15, -0.1) is 0 Å². The quantitative estimate of drug-likeness (QED) is 0.461. The van der Waals surface area contributed by atoms with Crippen LogP contribution in [0.25, 0.3) is 0 Å². The van der Waals surface area contributed by atoms with Gasteiger partial charge in [0.15, 0.2) is 11.2 Å². The molecule has 0 radical (unpaired) electrons. The predicted octanol–water partition coefficient (Wildman–Crippen LogP) is 1.59. The third-order valence-corrected chi connectivity index (χ3v) is 4.15. The number of rotatable bonds is 2. The number of likely N-dealkylation sites (N-methyl/N-ethyl adjacent to an activating group) is 1. The molecule has 0 saturated heterocycles. The number of esters is 1. The molecule has 1 unspecified atom stereocenters. The van der Waals surface area contributed by atoms with Crippen LogP contribution in [0.5, 0.6) is 0 Å². The summed E-state index contributed by atoms with van der Waals surface area (Å²) >= 11 is 1.46. The number of hydrogen-bond acceptors (Lipinski definition) is 6. The largest absolute Gasteiger partial charge is 0.468 e. The molecule has 0 spiro atoms. The van der Waals surface area contributed by atoms with Gasteiger partial charge in [0.25, 0.3) is 0 Å². The van der Waals surface area contributed by atoms with E-state index in [1.165, 1.54) is 18.9 Å². The number of carbonyl (C=O) groups excluding carboxylic acids is 1. The molecule has 18 heavy (non-hydrogen) atoms. The molecule has 1 aromatic rings. The third kappa shape index (κ3) is 1.80. The van der Waals surface area contributed by atoms with E-state index in [2.05, 4.69) is 23.8 Å². The monoisotopic (exact) mass is 267 g/mol. The highest BCUT2D eigenvalue weighted by molar-refractivity contribution is 7.98. The summed E-state index contributed by atoms with van der Waals surface area (Å²) in [4.78, 5) is 22.7. The van der Waals surface area contributed by atoms with Crippen molar-refractivity contribution in [2.45, 2.75) is 30.6 Å². The first-order chi connectivity index (χ1) is 8.43. The Kier molecular flexibility index (Phi) is 3.33. The zero-order valence-electron chi connectivity index (χ0n) is 11.2. The SMILES string of the molecule is COC(=O)C1c2nc(SC)ncc2C(C)(C)N1C. The fourth-order valence-corrected chi connectivity index (χ4v) is 2.58. The molecule has 6 heteroatoms. The molecule has 0 aliphatic carbocycles. The number of methoxy groups -OCH3 is 1. The van der Waals surface area contributed by atoms with Crippen molar-refractivity contribution in [2.24, 2.45) is 0 Å². The molecule has 0 fully saturated rings. The molecular weight excluding hydrogens is 250 g/mol. The number of thioether (sulfide) groups is 1. The predicted molar refractivity (Wildman–Crippen MR) is 69.4 cm³/mol. The molecule has 1 atom stereocenters. The van der Waals surface area contributed by atoms with Gasteiger partial charge in [-0.05, 0) is 27.2 Å². The van der Waals surface area contributed by atoms with Crippen LogP contribution in [0.1, 0.15) is 31.1 Å². The maximum Gasteiger partial charge on any atom is 0.329 e. The summed E-state index contributed by atoms with van der Waals surface area (Å²) < 4.78 is 4.88. The summed E-state index contributed by atoms with van der Waals surface area (Å²) in [5, 5.41) is 0.675. The highest BCUT2D eigenvalue weighted by Gasteiger charge is 2.47. The van der Waals surface area contributed by atoms with Gasteiger partial charge in [0, 0.05) is 17.3 Å². The van der Waals surface area contributed by atoms with Crippen molar-refractivity contribution >= 4 is 17.7 Å². The van der Waals surface area contributed by atoms with Gasteiger partial charge in [0.2, 0.25) is 0 Å². The van der Waals surface area contributed by atoms with Crippen molar-refractivity contribution in [3.05, 3.63) is 17.5 Å². The highest BCUT2D eigenvalue weighted by Crippen LogP contribution is 2.44. The van der Waals surface area contributed by atoms with Crippen LogP contribution in [-0.2, 0) is 15.1 Å². The molecule has 1 aromatic heterocycles. The van der Waals surface area contributed by atoms with Crippen molar-refractivity contribution in [1.29, 1.82) is 0 Å². The lowest BCUT2D eigenvalue weighted by molar-refractivity contribution is -0.148. The topological polar surface area (TPSA) is 55.3 Å². The molecule has 0 amide bonds. The van der Waals surface area contributed by atoms with Gasteiger partial charge in [0.05, 0.1) is 12.8 Å². The van der Waals surface area contributed by atoms with Crippen molar-refractivity contribution in [1.82, 2.24) is 14.9 Å².